The van der Waals surface area contributed by atoms with Gasteiger partial charge in [0.25, 0.3) is 5.91 Å². The zero-order chi connectivity index (χ0) is 24.6. The molecule has 0 aliphatic heterocycles. The first-order valence-corrected chi connectivity index (χ1v) is 11.4. The van der Waals surface area contributed by atoms with E-state index in [0.29, 0.717) is 33.2 Å². The fourth-order valence-electron chi connectivity index (χ4n) is 3.65. The van der Waals surface area contributed by atoms with Crippen LogP contribution in [0.2, 0.25) is 5.02 Å². The van der Waals surface area contributed by atoms with Crippen LogP contribution in [0, 0.1) is 0 Å². The highest BCUT2D eigenvalue weighted by Crippen LogP contribution is 2.31. The second kappa shape index (κ2) is 9.18. The normalized spacial score (nSPS) is 13.7. The zero-order valence-electron chi connectivity index (χ0n) is 18.3. The van der Waals surface area contributed by atoms with Gasteiger partial charge in [-0.2, -0.15) is 13.2 Å². The van der Waals surface area contributed by atoms with Crippen molar-refractivity contribution in [1.29, 1.82) is 0 Å². The highest BCUT2D eigenvalue weighted by molar-refractivity contribution is 6.34. The SMILES string of the molecule is O=C(NC1CC1)c1ccc(-c2cnc3c(NCCC(F)(F)F)nc(-c4ccncc4)cn23)cc1Cl. The molecule has 180 valence electrons. The van der Waals surface area contributed by atoms with E-state index in [2.05, 4.69) is 25.6 Å². The number of aromatic nitrogens is 4. The fraction of sp³-hybridized carbons (Fsp3) is 0.250. The lowest BCUT2D eigenvalue weighted by atomic mass is 10.1. The quantitative estimate of drug-likeness (QED) is 0.356. The van der Waals surface area contributed by atoms with E-state index in [1.807, 2.05) is 0 Å². The molecule has 1 saturated carbocycles. The molecule has 1 aliphatic carbocycles. The molecule has 1 aliphatic rings. The predicted molar refractivity (Wildman–Crippen MR) is 126 cm³/mol. The van der Waals surface area contributed by atoms with Crippen molar-refractivity contribution in [3.8, 4) is 22.5 Å². The van der Waals surface area contributed by atoms with E-state index >= 15 is 0 Å². The summed E-state index contributed by atoms with van der Waals surface area (Å²) in [6, 6.07) is 8.82. The maximum atomic E-state index is 12.7. The molecule has 11 heteroatoms. The van der Waals surface area contributed by atoms with Gasteiger partial charge in [0.1, 0.15) is 0 Å². The van der Waals surface area contributed by atoms with Gasteiger partial charge in [-0.15, -0.1) is 0 Å². The number of carbonyl (C=O) groups excluding carboxylic acids is 1. The lowest BCUT2D eigenvalue weighted by Crippen LogP contribution is -2.25. The molecule has 0 radical (unpaired) electrons. The molecule has 3 aromatic heterocycles. The number of hydrogen-bond acceptors (Lipinski definition) is 5. The van der Waals surface area contributed by atoms with E-state index in [4.69, 9.17) is 11.6 Å². The number of imidazole rings is 1. The van der Waals surface area contributed by atoms with E-state index < -0.39 is 12.6 Å². The lowest BCUT2D eigenvalue weighted by Gasteiger charge is -2.12. The van der Waals surface area contributed by atoms with Gasteiger partial charge in [0.2, 0.25) is 0 Å². The summed E-state index contributed by atoms with van der Waals surface area (Å²) in [5.74, 6) is 0.00357. The standard InChI is InChI=1S/C24H20ClF3N6O/c25-18-11-15(1-4-17(18)23(35)32-16-2-3-16)20-12-31-22-21(30-10-7-24(26,27)28)33-19(13-34(20)22)14-5-8-29-9-6-14/h1,4-6,8-9,11-13,16H,2-3,7,10H2,(H,30,33)(H,32,35). The first kappa shape index (κ1) is 23.1. The van der Waals surface area contributed by atoms with Crippen LogP contribution in [0.1, 0.15) is 29.6 Å². The van der Waals surface area contributed by atoms with E-state index in [1.165, 1.54) is 0 Å². The van der Waals surface area contributed by atoms with Crippen molar-refractivity contribution in [3.63, 3.8) is 0 Å². The molecule has 1 fully saturated rings. The first-order valence-electron chi connectivity index (χ1n) is 11.0. The summed E-state index contributed by atoms with van der Waals surface area (Å²) in [6.45, 7) is -0.342. The average molecular weight is 501 g/mol. The molecule has 0 saturated heterocycles. The van der Waals surface area contributed by atoms with Crippen LogP contribution >= 0.6 is 11.6 Å². The first-order chi connectivity index (χ1) is 16.8. The Bertz CT molecular complexity index is 1390. The third kappa shape index (κ3) is 5.22. The van der Waals surface area contributed by atoms with Gasteiger partial charge < -0.3 is 10.6 Å². The maximum absolute atomic E-state index is 12.7. The molecule has 4 aromatic rings. The predicted octanol–water partition coefficient (Wildman–Crippen LogP) is 5.37. The van der Waals surface area contributed by atoms with Crippen molar-refractivity contribution in [2.45, 2.75) is 31.5 Å². The molecule has 5 rings (SSSR count). The molecular weight excluding hydrogens is 481 g/mol. The van der Waals surface area contributed by atoms with Crippen molar-refractivity contribution >= 4 is 29.0 Å². The Morgan fingerprint density at radius 2 is 1.91 bits per heavy atom. The Balaban J connectivity index is 1.54. The number of amides is 1. The van der Waals surface area contributed by atoms with Gasteiger partial charge in [-0.25, -0.2) is 9.97 Å². The molecule has 0 spiro atoms. The van der Waals surface area contributed by atoms with Crippen molar-refractivity contribution in [1.82, 2.24) is 24.7 Å². The molecular formula is C24H20ClF3N6O. The minimum Gasteiger partial charge on any atom is -0.367 e. The number of benzene rings is 1. The largest absolute Gasteiger partial charge is 0.390 e. The molecule has 0 bridgehead atoms. The van der Waals surface area contributed by atoms with Crippen molar-refractivity contribution in [3.05, 3.63) is 65.7 Å². The number of nitrogens with one attached hydrogen (secondary N) is 2. The number of fused-ring (bicyclic) bond motifs is 1. The number of pyridine rings is 1. The van der Waals surface area contributed by atoms with Gasteiger partial charge in [-0.1, -0.05) is 17.7 Å². The molecule has 2 N–H and O–H groups in total. The number of carbonyl (C=O) groups is 1. The summed E-state index contributed by atoms with van der Waals surface area (Å²) >= 11 is 6.44. The van der Waals surface area contributed by atoms with Crippen LogP contribution in [0.25, 0.3) is 28.2 Å². The van der Waals surface area contributed by atoms with Gasteiger partial charge in [0.15, 0.2) is 11.5 Å². The number of hydrogen-bond donors (Lipinski definition) is 2. The summed E-state index contributed by atoms with van der Waals surface area (Å²) < 4.78 is 39.9. The van der Waals surface area contributed by atoms with Crippen molar-refractivity contribution < 1.29 is 18.0 Å². The topological polar surface area (TPSA) is 84.2 Å². The van der Waals surface area contributed by atoms with Gasteiger partial charge in [-0.05, 0) is 37.1 Å². The fourth-order valence-corrected chi connectivity index (χ4v) is 3.92. The smallest absolute Gasteiger partial charge is 0.367 e. The van der Waals surface area contributed by atoms with Crippen molar-refractivity contribution in [2.24, 2.45) is 0 Å². The summed E-state index contributed by atoms with van der Waals surface area (Å²) in [7, 11) is 0. The molecule has 1 amide bonds. The summed E-state index contributed by atoms with van der Waals surface area (Å²) in [5, 5.41) is 5.98. The zero-order valence-corrected chi connectivity index (χ0v) is 19.1. The molecule has 35 heavy (non-hydrogen) atoms. The summed E-state index contributed by atoms with van der Waals surface area (Å²) in [5.41, 5.74) is 3.35. The Labute approximate surface area is 203 Å². The van der Waals surface area contributed by atoms with Gasteiger partial charge in [0, 0.05) is 42.3 Å². The molecule has 7 nitrogen and oxygen atoms in total. The Morgan fingerprint density at radius 3 is 2.60 bits per heavy atom. The second-order valence-corrected chi connectivity index (χ2v) is 8.69. The Hall–Kier alpha value is -3.66. The van der Waals surface area contributed by atoms with Crippen molar-refractivity contribution in [2.75, 3.05) is 11.9 Å². The molecule has 0 atom stereocenters. The number of halogens is 4. The van der Waals surface area contributed by atoms with E-state index in [1.54, 1.807) is 59.5 Å². The lowest BCUT2D eigenvalue weighted by molar-refractivity contribution is -0.131. The number of nitrogens with zero attached hydrogens (tertiary/aromatic N) is 4. The Kier molecular flexibility index (Phi) is 6.06. The second-order valence-electron chi connectivity index (χ2n) is 8.28. The van der Waals surface area contributed by atoms with Crippen LogP contribution in [0.5, 0.6) is 0 Å². The minimum absolute atomic E-state index is 0.208. The van der Waals surface area contributed by atoms with Gasteiger partial charge in [-0.3, -0.25) is 14.2 Å². The Morgan fingerprint density at radius 1 is 1.14 bits per heavy atom. The van der Waals surface area contributed by atoms with E-state index in [-0.39, 0.29) is 24.3 Å². The summed E-state index contributed by atoms with van der Waals surface area (Å²) in [4.78, 5) is 25.4. The van der Waals surface area contributed by atoms with Crippen LogP contribution in [-0.2, 0) is 0 Å². The summed E-state index contributed by atoms with van der Waals surface area (Å²) in [6.07, 6.45) is 3.20. The third-order valence-corrected chi connectivity index (χ3v) is 5.90. The highest BCUT2D eigenvalue weighted by atomic mass is 35.5. The van der Waals surface area contributed by atoms with E-state index in [9.17, 15) is 18.0 Å². The van der Waals surface area contributed by atoms with Crippen LogP contribution in [0.3, 0.4) is 0 Å². The number of anilines is 1. The highest BCUT2D eigenvalue weighted by Gasteiger charge is 2.27. The third-order valence-electron chi connectivity index (χ3n) is 5.59. The number of alkyl halides is 3. The average Bonchev–Trinajstić information content (AvgIpc) is 3.53. The van der Waals surface area contributed by atoms with Crippen LogP contribution in [0.4, 0.5) is 19.0 Å². The molecule has 0 unspecified atom stereocenters. The van der Waals surface area contributed by atoms with Crippen LogP contribution in [-0.4, -0.2) is 44.0 Å². The number of rotatable bonds is 7. The minimum atomic E-state index is -4.29. The van der Waals surface area contributed by atoms with Gasteiger partial charge >= 0.3 is 6.18 Å². The van der Waals surface area contributed by atoms with Gasteiger partial charge in [0.05, 0.1) is 34.6 Å². The van der Waals surface area contributed by atoms with E-state index in [0.717, 1.165) is 18.4 Å². The maximum Gasteiger partial charge on any atom is 0.390 e. The monoisotopic (exact) mass is 500 g/mol. The molecule has 1 aromatic carbocycles. The van der Waals surface area contributed by atoms with Crippen LogP contribution < -0.4 is 10.6 Å². The van der Waals surface area contributed by atoms with Crippen LogP contribution in [0.15, 0.2) is 55.1 Å². The molecule has 3 heterocycles.